The van der Waals surface area contributed by atoms with Gasteiger partial charge >= 0.3 is 0 Å². The van der Waals surface area contributed by atoms with Gasteiger partial charge in [0.15, 0.2) is 0 Å². The zero-order valence-corrected chi connectivity index (χ0v) is 14.4. The molecule has 0 aliphatic carbocycles. The van der Waals surface area contributed by atoms with E-state index in [0.29, 0.717) is 6.04 Å². The Balaban J connectivity index is 2.04. The third-order valence-corrected chi connectivity index (χ3v) is 4.33. The third kappa shape index (κ3) is 4.32. The van der Waals surface area contributed by atoms with E-state index in [1.165, 1.54) is 16.7 Å². The minimum Gasteiger partial charge on any atom is -0.497 e. The molecule has 0 radical (unpaired) electrons. The summed E-state index contributed by atoms with van der Waals surface area (Å²) in [6.07, 6.45) is 2.12. The van der Waals surface area contributed by atoms with E-state index in [1.807, 2.05) is 19.2 Å². The van der Waals surface area contributed by atoms with E-state index in [9.17, 15) is 0 Å². The molecule has 0 aliphatic rings. The number of rotatable bonds is 6. The molecule has 2 aromatic rings. The van der Waals surface area contributed by atoms with Crippen molar-refractivity contribution >= 4 is 15.9 Å². The highest BCUT2D eigenvalue weighted by atomic mass is 79.9. The summed E-state index contributed by atoms with van der Waals surface area (Å²) in [6.45, 7) is 2.16. The zero-order valence-electron chi connectivity index (χ0n) is 12.8. The molecule has 2 aromatic carbocycles. The lowest BCUT2D eigenvalue weighted by Gasteiger charge is -2.19. The smallest absolute Gasteiger partial charge is 0.118 e. The van der Waals surface area contributed by atoms with Crippen molar-refractivity contribution in [3.63, 3.8) is 0 Å². The first kappa shape index (κ1) is 16.1. The number of hydrogen-bond donors (Lipinski definition) is 1. The van der Waals surface area contributed by atoms with Crippen molar-refractivity contribution in [2.45, 2.75) is 25.8 Å². The van der Waals surface area contributed by atoms with Gasteiger partial charge in [-0.25, -0.2) is 0 Å². The molecule has 0 spiro atoms. The lowest BCUT2D eigenvalue weighted by molar-refractivity contribution is 0.414. The van der Waals surface area contributed by atoms with Crippen molar-refractivity contribution in [3.8, 4) is 5.75 Å². The van der Waals surface area contributed by atoms with Crippen LogP contribution in [0.25, 0.3) is 0 Å². The second kappa shape index (κ2) is 7.62. The average Bonchev–Trinajstić information content (AvgIpc) is 2.50. The molecule has 2 rings (SSSR count). The number of ether oxygens (including phenoxy) is 1. The van der Waals surface area contributed by atoms with Crippen molar-refractivity contribution in [2.75, 3.05) is 14.2 Å². The van der Waals surface area contributed by atoms with E-state index in [-0.39, 0.29) is 0 Å². The fourth-order valence-electron chi connectivity index (χ4n) is 2.59. The van der Waals surface area contributed by atoms with Crippen LogP contribution in [0.3, 0.4) is 0 Å². The number of aryl methyl sites for hydroxylation is 2. The maximum Gasteiger partial charge on any atom is 0.118 e. The van der Waals surface area contributed by atoms with E-state index >= 15 is 0 Å². The van der Waals surface area contributed by atoms with Crippen LogP contribution in [0.1, 0.15) is 29.2 Å². The molecule has 0 saturated heterocycles. The van der Waals surface area contributed by atoms with Gasteiger partial charge in [-0.15, -0.1) is 0 Å². The Kier molecular flexibility index (Phi) is 5.83. The molecule has 3 heteroatoms. The van der Waals surface area contributed by atoms with Crippen molar-refractivity contribution in [1.82, 2.24) is 5.32 Å². The van der Waals surface area contributed by atoms with Gasteiger partial charge in [0.25, 0.3) is 0 Å². The van der Waals surface area contributed by atoms with E-state index in [4.69, 9.17) is 4.74 Å². The molecule has 0 heterocycles. The van der Waals surface area contributed by atoms with Crippen LogP contribution in [0.5, 0.6) is 5.75 Å². The van der Waals surface area contributed by atoms with Gasteiger partial charge in [-0.05, 0) is 67.8 Å². The van der Waals surface area contributed by atoms with Crippen molar-refractivity contribution < 1.29 is 4.74 Å². The molecule has 1 unspecified atom stereocenters. The SMILES string of the molecule is CNC(CCc1ccc(OC)cc1)c1ccc(Br)cc1C. The largest absolute Gasteiger partial charge is 0.497 e. The number of methoxy groups -OCH3 is 1. The fraction of sp³-hybridized carbons (Fsp3) is 0.333. The zero-order chi connectivity index (χ0) is 15.2. The molecule has 21 heavy (non-hydrogen) atoms. The lowest BCUT2D eigenvalue weighted by Crippen LogP contribution is -2.18. The van der Waals surface area contributed by atoms with Crippen LogP contribution in [0.4, 0.5) is 0 Å². The number of hydrogen-bond acceptors (Lipinski definition) is 2. The van der Waals surface area contributed by atoms with Crippen molar-refractivity contribution in [1.29, 1.82) is 0 Å². The van der Waals surface area contributed by atoms with Gasteiger partial charge in [0.05, 0.1) is 7.11 Å². The minimum absolute atomic E-state index is 0.375. The molecule has 2 nitrogen and oxygen atoms in total. The predicted octanol–water partition coefficient (Wildman–Crippen LogP) is 4.66. The van der Waals surface area contributed by atoms with Gasteiger partial charge in [-0.1, -0.05) is 34.1 Å². The Morgan fingerprint density at radius 1 is 1.14 bits per heavy atom. The number of benzene rings is 2. The standard InChI is InChI=1S/C18H22BrNO/c1-13-12-15(19)7-10-17(13)18(20-2)11-6-14-4-8-16(21-3)9-5-14/h4-5,7-10,12,18,20H,6,11H2,1-3H3. The van der Waals surface area contributed by atoms with Gasteiger partial charge in [0.2, 0.25) is 0 Å². The Hall–Kier alpha value is -1.32. The molecule has 1 atom stereocenters. The Morgan fingerprint density at radius 3 is 2.43 bits per heavy atom. The molecule has 0 bridgehead atoms. The molecule has 0 saturated carbocycles. The molecule has 0 aromatic heterocycles. The third-order valence-electron chi connectivity index (χ3n) is 3.84. The Bertz CT molecular complexity index is 580. The topological polar surface area (TPSA) is 21.3 Å². The van der Waals surface area contributed by atoms with Crippen LogP contribution in [0, 0.1) is 6.92 Å². The monoisotopic (exact) mass is 347 g/mol. The van der Waals surface area contributed by atoms with Crippen molar-refractivity contribution in [2.24, 2.45) is 0 Å². The van der Waals surface area contributed by atoms with Gasteiger partial charge < -0.3 is 10.1 Å². The summed E-state index contributed by atoms with van der Waals surface area (Å²) in [5, 5.41) is 3.43. The normalized spacial score (nSPS) is 12.2. The summed E-state index contributed by atoms with van der Waals surface area (Å²) in [7, 11) is 3.72. The minimum atomic E-state index is 0.375. The highest BCUT2D eigenvalue weighted by molar-refractivity contribution is 9.10. The molecule has 1 N–H and O–H groups in total. The van der Waals surface area contributed by atoms with E-state index in [1.54, 1.807) is 7.11 Å². The summed E-state index contributed by atoms with van der Waals surface area (Å²) >= 11 is 3.52. The van der Waals surface area contributed by atoms with Crippen molar-refractivity contribution in [3.05, 3.63) is 63.6 Å². The average molecular weight is 348 g/mol. The van der Waals surface area contributed by atoms with Gasteiger partial charge in [0.1, 0.15) is 5.75 Å². The maximum absolute atomic E-state index is 5.20. The van der Waals surface area contributed by atoms with E-state index in [0.717, 1.165) is 23.1 Å². The molecule has 0 fully saturated rings. The first-order chi connectivity index (χ1) is 10.1. The summed E-state index contributed by atoms with van der Waals surface area (Å²) in [5.41, 5.74) is 4.03. The summed E-state index contributed by atoms with van der Waals surface area (Å²) in [5.74, 6) is 0.910. The number of halogens is 1. The highest BCUT2D eigenvalue weighted by Gasteiger charge is 2.12. The Labute approximate surface area is 135 Å². The van der Waals surface area contributed by atoms with Crippen LogP contribution in [0.15, 0.2) is 46.9 Å². The second-order valence-corrected chi connectivity index (χ2v) is 6.14. The van der Waals surface area contributed by atoms with Crippen LogP contribution < -0.4 is 10.1 Å². The van der Waals surface area contributed by atoms with Crippen LogP contribution in [0.2, 0.25) is 0 Å². The predicted molar refractivity (Wildman–Crippen MR) is 92.0 cm³/mol. The number of nitrogens with one attached hydrogen (secondary N) is 1. The summed E-state index contributed by atoms with van der Waals surface area (Å²) in [4.78, 5) is 0. The maximum atomic E-state index is 5.20. The van der Waals surface area contributed by atoms with Gasteiger partial charge in [0, 0.05) is 10.5 Å². The molecule has 0 aliphatic heterocycles. The molecule has 0 amide bonds. The van der Waals surface area contributed by atoms with E-state index < -0.39 is 0 Å². The fourth-order valence-corrected chi connectivity index (χ4v) is 3.06. The second-order valence-electron chi connectivity index (χ2n) is 5.23. The first-order valence-electron chi connectivity index (χ1n) is 7.20. The molecular formula is C18H22BrNO. The molecular weight excluding hydrogens is 326 g/mol. The van der Waals surface area contributed by atoms with Gasteiger partial charge in [-0.2, -0.15) is 0 Å². The first-order valence-corrected chi connectivity index (χ1v) is 7.99. The molecule has 112 valence electrons. The van der Waals surface area contributed by atoms with Gasteiger partial charge in [-0.3, -0.25) is 0 Å². The lowest BCUT2D eigenvalue weighted by atomic mass is 9.96. The van der Waals surface area contributed by atoms with Crippen LogP contribution in [-0.2, 0) is 6.42 Å². The van der Waals surface area contributed by atoms with E-state index in [2.05, 4.69) is 58.5 Å². The van der Waals surface area contributed by atoms with Crippen LogP contribution >= 0.6 is 15.9 Å². The highest BCUT2D eigenvalue weighted by Crippen LogP contribution is 2.25. The Morgan fingerprint density at radius 2 is 1.86 bits per heavy atom. The quantitative estimate of drug-likeness (QED) is 0.820. The summed E-state index contributed by atoms with van der Waals surface area (Å²) in [6, 6.07) is 15.2. The summed E-state index contributed by atoms with van der Waals surface area (Å²) < 4.78 is 6.33. The van der Waals surface area contributed by atoms with Crippen LogP contribution in [-0.4, -0.2) is 14.2 Å².